The zero-order valence-electron chi connectivity index (χ0n) is 17.8. The van der Waals surface area contributed by atoms with Gasteiger partial charge >= 0.3 is 6.03 Å². The van der Waals surface area contributed by atoms with Crippen molar-refractivity contribution in [3.05, 3.63) is 29.5 Å². The molecule has 1 aromatic heterocycles. The third-order valence-electron chi connectivity index (χ3n) is 6.83. The van der Waals surface area contributed by atoms with Gasteiger partial charge in [-0.25, -0.2) is 4.79 Å². The number of hydrogen-bond donors (Lipinski definition) is 4. The van der Waals surface area contributed by atoms with Crippen LogP contribution in [-0.4, -0.2) is 47.1 Å². The molecule has 0 saturated carbocycles. The summed E-state index contributed by atoms with van der Waals surface area (Å²) in [5, 5.41) is 10.9. The van der Waals surface area contributed by atoms with E-state index in [1.807, 2.05) is 17.8 Å². The molecule has 1 aliphatic carbocycles. The van der Waals surface area contributed by atoms with Crippen molar-refractivity contribution in [2.75, 3.05) is 12.9 Å². The molecule has 2 aliphatic heterocycles. The number of aryl methyl sites for hydroxylation is 1. The predicted molar refractivity (Wildman–Crippen MR) is 123 cm³/mol. The van der Waals surface area contributed by atoms with E-state index in [-0.39, 0.29) is 30.1 Å². The number of aromatic amines is 1. The van der Waals surface area contributed by atoms with Crippen molar-refractivity contribution in [1.29, 1.82) is 0 Å². The molecule has 3 aliphatic rings. The number of nitrogens with one attached hydrogen (secondary N) is 4. The quantitative estimate of drug-likeness (QED) is 0.390. The van der Waals surface area contributed by atoms with Crippen LogP contribution in [0.3, 0.4) is 0 Å². The van der Waals surface area contributed by atoms with Gasteiger partial charge in [0, 0.05) is 34.0 Å². The maximum atomic E-state index is 12.6. The molecule has 3 amide bonds. The fourth-order valence-electron chi connectivity index (χ4n) is 5.25. The van der Waals surface area contributed by atoms with Gasteiger partial charge in [0.2, 0.25) is 5.91 Å². The van der Waals surface area contributed by atoms with Crippen LogP contribution in [0.4, 0.5) is 4.79 Å². The van der Waals surface area contributed by atoms with Crippen molar-refractivity contribution < 1.29 is 14.3 Å². The van der Waals surface area contributed by atoms with E-state index in [1.165, 1.54) is 10.9 Å². The molecule has 166 valence electrons. The number of fused-ring (bicyclic) bond motifs is 4. The first-order valence-electron chi connectivity index (χ1n) is 11.3. The van der Waals surface area contributed by atoms with Crippen LogP contribution in [0, 0.1) is 0 Å². The van der Waals surface area contributed by atoms with E-state index in [1.54, 1.807) is 7.11 Å². The third kappa shape index (κ3) is 4.10. The van der Waals surface area contributed by atoms with Gasteiger partial charge in [0.25, 0.3) is 0 Å². The number of carbonyl (C=O) groups excluding carboxylic acids is 2. The normalized spacial score (nSPS) is 26.8. The molecule has 2 fully saturated rings. The number of amides is 3. The summed E-state index contributed by atoms with van der Waals surface area (Å²) >= 11 is 1.93. The second kappa shape index (κ2) is 8.65. The molecule has 7 nitrogen and oxygen atoms in total. The first kappa shape index (κ1) is 20.5. The third-order valence-corrected chi connectivity index (χ3v) is 8.34. The zero-order chi connectivity index (χ0) is 21.4. The molecule has 1 aromatic carbocycles. The van der Waals surface area contributed by atoms with Crippen LogP contribution >= 0.6 is 11.8 Å². The average Bonchev–Trinajstić information content (AvgIpc) is 3.43. The minimum absolute atomic E-state index is 0.0399. The Bertz CT molecular complexity index is 991. The number of H-pyrrole nitrogens is 1. The number of methoxy groups -OCH3 is 1. The minimum atomic E-state index is -0.0399. The fraction of sp³-hybridized carbons (Fsp3) is 0.565. The minimum Gasteiger partial charge on any atom is -0.497 e. The highest BCUT2D eigenvalue weighted by atomic mass is 32.2. The van der Waals surface area contributed by atoms with Crippen LogP contribution in [-0.2, 0) is 11.2 Å². The lowest BCUT2D eigenvalue weighted by Crippen LogP contribution is -2.36. The van der Waals surface area contributed by atoms with E-state index >= 15 is 0 Å². The number of thioether (sulfide) groups is 1. The molecule has 0 unspecified atom stereocenters. The number of benzene rings is 1. The van der Waals surface area contributed by atoms with Crippen molar-refractivity contribution in [2.45, 2.75) is 68.3 Å². The Morgan fingerprint density at radius 1 is 1.29 bits per heavy atom. The number of ether oxygens (including phenoxy) is 1. The summed E-state index contributed by atoms with van der Waals surface area (Å²) in [6.07, 6.45) is 6.55. The molecule has 3 heterocycles. The second-order valence-electron chi connectivity index (χ2n) is 8.81. The van der Waals surface area contributed by atoms with Crippen LogP contribution in [0.25, 0.3) is 10.9 Å². The zero-order valence-corrected chi connectivity index (χ0v) is 18.6. The molecule has 8 heteroatoms. The van der Waals surface area contributed by atoms with E-state index in [9.17, 15) is 9.59 Å². The summed E-state index contributed by atoms with van der Waals surface area (Å²) in [6.45, 7) is 0. The van der Waals surface area contributed by atoms with Gasteiger partial charge in [-0.15, -0.1) is 0 Å². The van der Waals surface area contributed by atoms with Gasteiger partial charge in [-0.05, 0) is 55.9 Å². The molecule has 0 bridgehead atoms. The van der Waals surface area contributed by atoms with Crippen LogP contribution in [0.1, 0.15) is 55.8 Å². The number of carbonyl (C=O) groups is 2. The maximum absolute atomic E-state index is 12.6. The number of rotatable bonds is 7. The van der Waals surface area contributed by atoms with E-state index in [4.69, 9.17) is 4.74 Å². The fourth-order valence-corrected chi connectivity index (χ4v) is 6.80. The van der Waals surface area contributed by atoms with Crippen LogP contribution in [0.5, 0.6) is 5.75 Å². The number of unbranched alkanes of at least 4 members (excludes halogenated alkanes) is 1. The first-order valence-corrected chi connectivity index (χ1v) is 12.3. The number of urea groups is 1. The van der Waals surface area contributed by atoms with E-state index in [2.05, 4.69) is 33.1 Å². The molecule has 4 N–H and O–H groups in total. The molecular formula is C23H30N4O3S. The Hall–Kier alpha value is -2.35. The van der Waals surface area contributed by atoms with Crippen molar-refractivity contribution >= 4 is 34.6 Å². The predicted octanol–water partition coefficient (Wildman–Crippen LogP) is 3.40. The van der Waals surface area contributed by atoms with E-state index in [0.29, 0.717) is 11.7 Å². The SMILES string of the molecule is COc1ccc2[nH]c3c(c2c1)CCC[C@@H]3NC(=O)CCCC[C@H]1SC[C@@H]2NC(=O)N[C@@H]21. The lowest BCUT2D eigenvalue weighted by atomic mass is 9.91. The van der Waals surface area contributed by atoms with Gasteiger partial charge < -0.3 is 25.7 Å². The van der Waals surface area contributed by atoms with E-state index < -0.39 is 0 Å². The van der Waals surface area contributed by atoms with Crippen molar-refractivity contribution in [1.82, 2.24) is 20.9 Å². The lowest BCUT2D eigenvalue weighted by Gasteiger charge is -2.24. The summed E-state index contributed by atoms with van der Waals surface area (Å²) in [5.41, 5.74) is 3.57. The molecule has 31 heavy (non-hydrogen) atoms. The topological polar surface area (TPSA) is 95.2 Å². The number of hydrogen-bond acceptors (Lipinski definition) is 4. The van der Waals surface area contributed by atoms with Gasteiger partial charge in [-0.1, -0.05) is 6.42 Å². The molecule has 0 radical (unpaired) electrons. The monoisotopic (exact) mass is 442 g/mol. The van der Waals surface area contributed by atoms with Gasteiger partial charge in [0.1, 0.15) is 5.75 Å². The highest BCUT2D eigenvalue weighted by molar-refractivity contribution is 8.00. The first-order chi connectivity index (χ1) is 15.1. The molecular weight excluding hydrogens is 412 g/mol. The van der Waals surface area contributed by atoms with Crippen LogP contribution < -0.4 is 20.7 Å². The van der Waals surface area contributed by atoms with Crippen molar-refractivity contribution in [3.63, 3.8) is 0 Å². The Labute approximate surface area is 186 Å². The Morgan fingerprint density at radius 2 is 2.19 bits per heavy atom. The molecule has 0 spiro atoms. The van der Waals surface area contributed by atoms with Gasteiger partial charge in [0.15, 0.2) is 0 Å². The molecule has 4 atom stereocenters. The van der Waals surface area contributed by atoms with Gasteiger partial charge in [-0.2, -0.15) is 11.8 Å². The largest absolute Gasteiger partial charge is 0.497 e. The summed E-state index contributed by atoms with van der Waals surface area (Å²) in [7, 11) is 1.69. The summed E-state index contributed by atoms with van der Waals surface area (Å²) in [4.78, 5) is 27.7. The van der Waals surface area contributed by atoms with Crippen LogP contribution in [0.15, 0.2) is 18.2 Å². The average molecular weight is 443 g/mol. The Balaban J connectivity index is 1.13. The lowest BCUT2D eigenvalue weighted by molar-refractivity contribution is -0.122. The van der Waals surface area contributed by atoms with Crippen molar-refractivity contribution in [3.8, 4) is 5.75 Å². The molecule has 2 aromatic rings. The Kier molecular flexibility index (Phi) is 5.73. The maximum Gasteiger partial charge on any atom is 0.315 e. The van der Waals surface area contributed by atoms with E-state index in [0.717, 1.165) is 61.2 Å². The Morgan fingerprint density at radius 3 is 3.06 bits per heavy atom. The summed E-state index contributed by atoms with van der Waals surface area (Å²) in [6, 6.07) is 6.63. The molecule has 5 rings (SSSR count). The highest BCUT2D eigenvalue weighted by Gasteiger charge is 2.42. The standard InChI is InChI=1S/C23H30N4O3S/c1-30-13-9-10-16-15(11-13)14-5-4-6-17(21(14)25-16)24-20(28)8-3-2-7-19-22-18(12-31-19)26-23(29)27-22/h9-11,17-19,22,25H,2-8,12H2,1H3,(H,24,28)(H2,26,27,29)/t17-,18-,19+,22-/m0/s1. The highest BCUT2D eigenvalue weighted by Crippen LogP contribution is 2.36. The smallest absolute Gasteiger partial charge is 0.315 e. The van der Waals surface area contributed by atoms with Gasteiger partial charge in [0.05, 0.1) is 25.2 Å². The van der Waals surface area contributed by atoms with Crippen LogP contribution in [0.2, 0.25) is 0 Å². The second-order valence-corrected chi connectivity index (χ2v) is 10.1. The van der Waals surface area contributed by atoms with Crippen molar-refractivity contribution in [2.24, 2.45) is 0 Å². The molecule has 2 saturated heterocycles. The summed E-state index contributed by atoms with van der Waals surface area (Å²) < 4.78 is 5.38. The summed E-state index contributed by atoms with van der Waals surface area (Å²) in [5.74, 6) is 1.97. The number of aromatic nitrogens is 1. The van der Waals surface area contributed by atoms with Gasteiger partial charge in [-0.3, -0.25) is 4.79 Å².